The quantitative estimate of drug-likeness (QED) is 0.486. The lowest BCUT2D eigenvalue weighted by Gasteiger charge is -2.10. The van der Waals surface area contributed by atoms with Gasteiger partial charge in [-0.2, -0.15) is 0 Å². The Balaban J connectivity index is 0.00000225. The number of aryl methyl sites for hydroxylation is 2. The molecule has 0 aliphatic rings. The number of carbonyl (C=O) groups excluding carboxylic acids is 1. The highest BCUT2D eigenvalue weighted by Gasteiger charge is 2.10. The van der Waals surface area contributed by atoms with E-state index < -0.39 is 0 Å². The molecule has 0 radical (unpaired) electrons. The fourth-order valence-corrected chi connectivity index (χ4v) is 3.14. The molecule has 1 aromatic heterocycles. The topological polar surface area (TPSA) is 57.8 Å². The van der Waals surface area contributed by atoms with Crippen LogP contribution in [0.4, 0.5) is 5.69 Å². The van der Waals surface area contributed by atoms with E-state index >= 15 is 0 Å². The molecule has 0 saturated heterocycles. The van der Waals surface area contributed by atoms with Gasteiger partial charge in [-0.15, -0.1) is 12.4 Å². The van der Waals surface area contributed by atoms with Crippen LogP contribution < -0.4 is 5.32 Å². The molecule has 0 unspecified atom stereocenters. The number of fused-ring (bicyclic) bond motifs is 1. The first-order valence-electron chi connectivity index (χ1n) is 9.00. The molecule has 0 aliphatic heterocycles. The van der Waals surface area contributed by atoms with Gasteiger partial charge in [0.25, 0.3) is 0 Å². The molecule has 0 saturated carbocycles. The molecule has 142 valence electrons. The van der Waals surface area contributed by atoms with Crippen LogP contribution in [0.3, 0.4) is 0 Å². The summed E-state index contributed by atoms with van der Waals surface area (Å²) in [5.41, 5.74) is 6.92. The normalized spacial score (nSPS) is 10.5. The molecule has 0 spiro atoms. The third-order valence-electron chi connectivity index (χ3n) is 4.63. The molecule has 0 aliphatic carbocycles. The van der Waals surface area contributed by atoms with Gasteiger partial charge in [0.15, 0.2) is 0 Å². The van der Waals surface area contributed by atoms with Crippen molar-refractivity contribution in [1.29, 1.82) is 0 Å². The minimum absolute atomic E-state index is 0. The number of rotatable bonds is 4. The molecule has 2 N–H and O–H groups in total. The molecule has 4 nitrogen and oxygen atoms in total. The summed E-state index contributed by atoms with van der Waals surface area (Å²) in [5, 5.41) is 3.03. The van der Waals surface area contributed by atoms with Crippen molar-refractivity contribution in [2.75, 3.05) is 5.32 Å². The number of imidazole rings is 1. The summed E-state index contributed by atoms with van der Waals surface area (Å²) in [6.45, 7) is 4.05. The van der Waals surface area contributed by atoms with Gasteiger partial charge in [-0.3, -0.25) is 4.79 Å². The van der Waals surface area contributed by atoms with Gasteiger partial charge >= 0.3 is 0 Å². The zero-order valence-electron chi connectivity index (χ0n) is 15.8. The summed E-state index contributed by atoms with van der Waals surface area (Å²) in [6, 6.07) is 21.9. The summed E-state index contributed by atoms with van der Waals surface area (Å²) in [6.07, 6.45) is 0.356. The second-order valence-corrected chi connectivity index (χ2v) is 6.85. The number of H-pyrrole nitrogens is 1. The average molecular weight is 392 g/mol. The van der Waals surface area contributed by atoms with Gasteiger partial charge in [-0.25, -0.2) is 4.98 Å². The van der Waals surface area contributed by atoms with E-state index in [2.05, 4.69) is 34.3 Å². The maximum Gasteiger partial charge on any atom is 0.228 e. The van der Waals surface area contributed by atoms with Crippen molar-refractivity contribution in [2.24, 2.45) is 0 Å². The fourth-order valence-electron chi connectivity index (χ4n) is 3.14. The van der Waals surface area contributed by atoms with Crippen LogP contribution in [0.25, 0.3) is 22.4 Å². The Morgan fingerprint density at radius 1 is 1.00 bits per heavy atom. The Labute approximate surface area is 170 Å². The Morgan fingerprint density at radius 3 is 2.57 bits per heavy atom. The molecular weight excluding hydrogens is 370 g/mol. The Bertz CT molecular complexity index is 1120. The summed E-state index contributed by atoms with van der Waals surface area (Å²) in [5.74, 6) is 0.774. The predicted molar refractivity (Wildman–Crippen MR) is 117 cm³/mol. The lowest BCUT2D eigenvalue weighted by atomic mass is 10.1. The summed E-state index contributed by atoms with van der Waals surface area (Å²) in [4.78, 5) is 20.5. The molecular formula is C23H22ClN3O. The first-order valence-corrected chi connectivity index (χ1v) is 9.00. The van der Waals surface area contributed by atoms with Crippen LogP contribution in [0.2, 0.25) is 0 Å². The van der Waals surface area contributed by atoms with Crippen molar-refractivity contribution in [3.05, 3.63) is 83.4 Å². The number of nitrogens with zero attached hydrogens (tertiary/aromatic N) is 1. The lowest BCUT2D eigenvalue weighted by Crippen LogP contribution is -2.15. The smallest absolute Gasteiger partial charge is 0.228 e. The van der Waals surface area contributed by atoms with E-state index in [0.29, 0.717) is 6.42 Å². The number of hydrogen-bond donors (Lipinski definition) is 2. The van der Waals surface area contributed by atoms with Crippen LogP contribution in [0.5, 0.6) is 0 Å². The number of nitrogens with one attached hydrogen (secondary N) is 2. The van der Waals surface area contributed by atoms with Crippen LogP contribution in [0, 0.1) is 13.8 Å². The average Bonchev–Trinajstić information content (AvgIpc) is 3.07. The fraction of sp³-hybridized carbons (Fsp3) is 0.130. The highest BCUT2D eigenvalue weighted by atomic mass is 35.5. The third-order valence-corrected chi connectivity index (χ3v) is 4.63. The zero-order valence-corrected chi connectivity index (χ0v) is 16.6. The molecule has 0 fully saturated rings. The highest BCUT2D eigenvalue weighted by molar-refractivity contribution is 5.93. The Hall–Kier alpha value is -3.11. The van der Waals surface area contributed by atoms with E-state index in [-0.39, 0.29) is 18.3 Å². The molecule has 3 aromatic carbocycles. The van der Waals surface area contributed by atoms with Crippen molar-refractivity contribution in [3.8, 4) is 11.4 Å². The Kier molecular flexibility index (Phi) is 5.81. The minimum Gasteiger partial charge on any atom is -0.338 e. The SMILES string of the molecule is Cc1ccc2nc(-c3ccc(C)c(NC(=O)Cc4ccccc4)c3)[nH]c2c1.Cl. The maximum absolute atomic E-state index is 12.4. The number of aromatic nitrogens is 2. The van der Waals surface area contributed by atoms with Gasteiger partial charge in [-0.05, 0) is 48.7 Å². The zero-order chi connectivity index (χ0) is 18.8. The third kappa shape index (κ3) is 4.24. The predicted octanol–water partition coefficient (Wildman–Crippen LogP) is 5.45. The molecule has 0 bridgehead atoms. The number of carbonyl (C=O) groups is 1. The van der Waals surface area contributed by atoms with Crippen molar-refractivity contribution in [3.63, 3.8) is 0 Å². The summed E-state index contributed by atoms with van der Waals surface area (Å²) < 4.78 is 0. The molecule has 4 aromatic rings. The molecule has 1 heterocycles. The number of amides is 1. The molecule has 1 amide bonds. The monoisotopic (exact) mass is 391 g/mol. The first-order chi connectivity index (χ1) is 13.1. The van der Waals surface area contributed by atoms with E-state index in [1.165, 1.54) is 5.56 Å². The lowest BCUT2D eigenvalue weighted by molar-refractivity contribution is -0.115. The van der Waals surface area contributed by atoms with Crippen LogP contribution in [0.1, 0.15) is 16.7 Å². The van der Waals surface area contributed by atoms with Crippen molar-refractivity contribution in [1.82, 2.24) is 9.97 Å². The summed E-state index contributed by atoms with van der Waals surface area (Å²) in [7, 11) is 0. The molecule has 5 heteroatoms. The maximum atomic E-state index is 12.4. The van der Waals surface area contributed by atoms with Crippen molar-refractivity contribution >= 4 is 35.0 Å². The van der Waals surface area contributed by atoms with E-state index in [9.17, 15) is 4.79 Å². The van der Waals surface area contributed by atoms with Gasteiger partial charge in [0.2, 0.25) is 5.91 Å². The van der Waals surface area contributed by atoms with Crippen LogP contribution in [-0.2, 0) is 11.2 Å². The highest BCUT2D eigenvalue weighted by Crippen LogP contribution is 2.26. The largest absolute Gasteiger partial charge is 0.338 e. The Morgan fingerprint density at radius 2 is 1.79 bits per heavy atom. The van der Waals surface area contributed by atoms with E-state index in [0.717, 1.165) is 39.2 Å². The van der Waals surface area contributed by atoms with E-state index in [1.54, 1.807) is 0 Å². The molecule has 0 atom stereocenters. The second-order valence-electron chi connectivity index (χ2n) is 6.85. The van der Waals surface area contributed by atoms with Gasteiger partial charge < -0.3 is 10.3 Å². The van der Waals surface area contributed by atoms with Gasteiger partial charge in [-0.1, -0.05) is 48.5 Å². The van der Waals surface area contributed by atoms with Crippen LogP contribution in [-0.4, -0.2) is 15.9 Å². The summed E-state index contributed by atoms with van der Waals surface area (Å²) >= 11 is 0. The van der Waals surface area contributed by atoms with E-state index in [1.807, 2.05) is 61.5 Å². The minimum atomic E-state index is -0.0262. The van der Waals surface area contributed by atoms with Crippen molar-refractivity contribution < 1.29 is 4.79 Å². The second kappa shape index (κ2) is 8.28. The molecule has 4 rings (SSSR count). The van der Waals surface area contributed by atoms with Gasteiger partial charge in [0.05, 0.1) is 17.5 Å². The van der Waals surface area contributed by atoms with Gasteiger partial charge in [0, 0.05) is 11.3 Å². The number of anilines is 1. The standard InChI is InChI=1S/C23H21N3O.ClH/c1-15-8-11-19-21(12-15)26-23(25-19)18-10-9-16(2)20(14-18)24-22(27)13-17-6-4-3-5-7-17;/h3-12,14H,13H2,1-2H3,(H,24,27)(H,25,26);1H. The molecule has 28 heavy (non-hydrogen) atoms. The first kappa shape index (κ1) is 19.6. The van der Waals surface area contributed by atoms with Crippen LogP contribution >= 0.6 is 12.4 Å². The van der Waals surface area contributed by atoms with Gasteiger partial charge in [0.1, 0.15) is 5.82 Å². The number of hydrogen-bond acceptors (Lipinski definition) is 2. The van der Waals surface area contributed by atoms with Crippen LogP contribution in [0.15, 0.2) is 66.7 Å². The number of benzene rings is 3. The van der Waals surface area contributed by atoms with Crippen molar-refractivity contribution in [2.45, 2.75) is 20.3 Å². The number of halogens is 1. The number of aromatic amines is 1. The van der Waals surface area contributed by atoms with E-state index in [4.69, 9.17) is 0 Å².